The molecule has 2 N–H and O–H groups in total. The van der Waals surface area contributed by atoms with Crippen LogP contribution >= 0.6 is 0 Å². The molecule has 2 aromatic carbocycles. The molecule has 164 valence electrons. The first-order valence-corrected chi connectivity index (χ1v) is 10.4. The number of amides is 2. The van der Waals surface area contributed by atoms with Gasteiger partial charge in [-0.25, -0.2) is 4.39 Å². The van der Waals surface area contributed by atoms with E-state index in [0.717, 1.165) is 12.8 Å². The normalized spacial score (nSPS) is 16.0. The molecule has 0 saturated carbocycles. The second-order valence-corrected chi connectivity index (χ2v) is 7.43. The Bertz CT molecular complexity index is 1100. The van der Waals surface area contributed by atoms with Crippen LogP contribution in [-0.2, 0) is 9.53 Å². The number of halogens is 1. The summed E-state index contributed by atoms with van der Waals surface area (Å²) >= 11 is 0. The molecule has 7 heteroatoms. The Labute approximate surface area is 185 Å². The van der Waals surface area contributed by atoms with E-state index in [9.17, 15) is 14.0 Å². The van der Waals surface area contributed by atoms with E-state index in [4.69, 9.17) is 9.15 Å². The van der Waals surface area contributed by atoms with E-state index in [0.29, 0.717) is 35.8 Å². The largest absolute Gasteiger partial charge is 0.457 e. The van der Waals surface area contributed by atoms with Crippen LogP contribution in [0.3, 0.4) is 0 Å². The summed E-state index contributed by atoms with van der Waals surface area (Å²) in [6, 6.07) is 17.9. The third kappa shape index (κ3) is 5.50. The Hall–Kier alpha value is -3.71. The van der Waals surface area contributed by atoms with E-state index in [1.807, 2.05) is 6.07 Å². The third-order valence-electron chi connectivity index (χ3n) is 5.09. The van der Waals surface area contributed by atoms with Crippen molar-refractivity contribution in [3.63, 3.8) is 0 Å². The van der Waals surface area contributed by atoms with Gasteiger partial charge in [0, 0.05) is 30.4 Å². The number of nitrogens with one attached hydrogen (secondary N) is 2. The lowest BCUT2D eigenvalue weighted by atomic mass is 10.2. The second-order valence-electron chi connectivity index (χ2n) is 7.43. The highest BCUT2D eigenvalue weighted by Gasteiger charge is 2.20. The van der Waals surface area contributed by atoms with Crippen LogP contribution in [0.4, 0.5) is 4.39 Å². The van der Waals surface area contributed by atoms with E-state index < -0.39 is 11.8 Å². The van der Waals surface area contributed by atoms with E-state index >= 15 is 0 Å². The summed E-state index contributed by atoms with van der Waals surface area (Å²) in [7, 11) is 0. The zero-order valence-corrected chi connectivity index (χ0v) is 17.3. The average molecular weight is 434 g/mol. The second kappa shape index (κ2) is 10.1. The number of furan rings is 1. The molecule has 32 heavy (non-hydrogen) atoms. The lowest BCUT2D eigenvalue weighted by Crippen LogP contribution is -2.38. The molecule has 1 aliphatic rings. The summed E-state index contributed by atoms with van der Waals surface area (Å²) in [5, 5.41) is 5.49. The third-order valence-corrected chi connectivity index (χ3v) is 5.09. The van der Waals surface area contributed by atoms with Crippen LogP contribution in [0.15, 0.2) is 76.8 Å². The Balaban J connectivity index is 1.54. The van der Waals surface area contributed by atoms with Gasteiger partial charge in [-0.05, 0) is 61.4 Å². The van der Waals surface area contributed by atoms with Crippen LogP contribution in [0, 0.1) is 5.82 Å². The van der Waals surface area contributed by atoms with Gasteiger partial charge in [-0.2, -0.15) is 0 Å². The summed E-state index contributed by atoms with van der Waals surface area (Å²) in [4.78, 5) is 25.5. The van der Waals surface area contributed by atoms with Gasteiger partial charge < -0.3 is 19.8 Å². The molecule has 1 aromatic heterocycles. The van der Waals surface area contributed by atoms with Gasteiger partial charge in [-0.3, -0.25) is 9.59 Å². The highest BCUT2D eigenvalue weighted by molar-refractivity contribution is 6.05. The molecular weight excluding hydrogens is 411 g/mol. The molecule has 0 bridgehead atoms. The van der Waals surface area contributed by atoms with E-state index in [2.05, 4.69) is 10.6 Å². The van der Waals surface area contributed by atoms with Gasteiger partial charge in [0.15, 0.2) is 0 Å². The maximum Gasteiger partial charge on any atom is 0.268 e. The number of benzene rings is 2. The lowest BCUT2D eigenvalue weighted by molar-refractivity contribution is -0.118. The van der Waals surface area contributed by atoms with Crippen LogP contribution in [0.25, 0.3) is 17.4 Å². The maximum absolute atomic E-state index is 13.2. The summed E-state index contributed by atoms with van der Waals surface area (Å²) < 4.78 is 24.5. The smallest absolute Gasteiger partial charge is 0.268 e. The summed E-state index contributed by atoms with van der Waals surface area (Å²) in [6.45, 7) is 1.04. The molecule has 1 saturated heterocycles. The topological polar surface area (TPSA) is 80.6 Å². The molecule has 6 nitrogen and oxygen atoms in total. The Morgan fingerprint density at radius 1 is 1.03 bits per heavy atom. The number of carbonyl (C=O) groups excluding carboxylic acids is 2. The molecule has 1 fully saturated rings. The van der Waals surface area contributed by atoms with Crippen molar-refractivity contribution < 1.29 is 23.1 Å². The number of ether oxygens (including phenoxy) is 1. The minimum absolute atomic E-state index is 0.0290. The van der Waals surface area contributed by atoms with Gasteiger partial charge >= 0.3 is 0 Å². The van der Waals surface area contributed by atoms with Crippen molar-refractivity contribution in [2.24, 2.45) is 0 Å². The van der Waals surface area contributed by atoms with Gasteiger partial charge in [-0.1, -0.05) is 18.2 Å². The average Bonchev–Trinajstić information content (AvgIpc) is 3.50. The van der Waals surface area contributed by atoms with Crippen molar-refractivity contribution in [2.45, 2.75) is 18.9 Å². The fourth-order valence-electron chi connectivity index (χ4n) is 3.39. The Morgan fingerprint density at radius 3 is 2.53 bits per heavy atom. The molecule has 3 aromatic rings. The van der Waals surface area contributed by atoms with E-state index in [-0.39, 0.29) is 17.6 Å². The molecule has 1 atom stereocenters. The van der Waals surface area contributed by atoms with E-state index in [1.165, 1.54) is 18.2 Å². The molecule has 2 heterocycles. The predicted octanol–water partition coefficient (Wildman–Crippen LogP) is 4.15. The first-order valence-electron chi connectivity index (χ1n) is 10.4. The van der Waals surface area contributed by atoms with Crippen LogP contribution in [0.2, 0.25) is 0 Å². The van der Waals surface area contributed by atoms with Gasteiger partial charge in [0.25, 0.3) is 11.8 Å². The maximum atomic E-state index is 13.2. The molecule has 2 amide bonds. The number of hydrogen-bond donors (Lipinski definition) is 2. The molecule has 0 radical (unpaired) electrons. The fourth-order valence-corrected chi connectivity index (χ4v) is 3.39. The van der Waals surface area contributed by atoms with Gasteiger partial charge in [0.1, 0.15) is 23.0 Å². The Morgan fingerprint density at radius 2 is 1.81 bits per heavy atom. The number of carbonyl (C=O) groups is 2. The first kappa shape index (κ1) is 21.5. The van der Waals surface area contributed by atoms with Crippen LogP contribution in [-0.4, -0.2) is 31.1 Å². The SMILES string of the molecule is O=C(NCC1CCCO1)C(=Cc1ccc(-c2ccc(F)cc2)o1)NC(=O)c1ccccc1. The van der Waals surface area contributed by atoms with Crippen molar-refractivity contribution in [1.29, 1.82) is 0 Å². The van der Waals surface area contributed by atoms with Crippen LogP contribution < -0.4 is 10.6 Å². The minimum Gasteiger partial charge on any atom is -0.457 e. The molecular formula is C25H23FN2O4. The predicted molar refractivity (Wildman–Crippen MR) is 118 cm³/mol. The molecule has 0 aliphatic carbocycles. The lowest BCUT2D eigenvalue weighted by Gasteiger charge is -2.13. The number of rotatable bonds is 7. The summed E-state index contributed by atoms with van der Waals surface area (Å²) in [5.74, 6) is -0.294. The molecule has 1 unspecified atom stereocenters. The van der Waals surface area contributed by atoms with Crippen molar-refractivity contribution in [2.75, 3.05) is 13.2 Å². The van der Waals surface area contributed by atoms with Crippen molar-refractivity contribution in [1.82, 2.24) is 10.6 Å². The van der Waals surface area contributed by atoms with Gasteiger partial charge in [-0.15, -0.1) is 0 Å². The minimum atomic E-state index is -0.440. The summed E-state index contributed by atoms with van der Waals surface area (Å²) in [6.07, 6.45) is 3.29. The van der Waals surface area contributed by atoms with Gasteiger partial charge in [0.05, 0.1) is 6.10 Å². The van der Waals surface area contributed by atoms with Gasteiger partial charge in [0.2, 0.25) is 0 Å². The quantitative estimate of drug-likeness (QED) is 0.548. The fraction of sp³-hybridized carbons (Fsp3) is 0.200. The molecule has 1 aliphatic heterocycles. The first-order chi connectivity index (χ1) is 15.6. The van der Waals surface area contributed by atoms with Crippen molar-refractivity contribution in [3.05, 3.63) is 89.6 Å². The Kier molecular flexibility index (Phi) is 6.77. The zero-order valence-electron chi connectivity index (χ0n) is 17.3. The number of hydrogen-bond acceptors (Lipinski definition) is 4. The van der Waals surface area contributed by atoms with Crippen molar-refractivity contribution in [3.8, 4) is 11.3 Å². The zero-order chi connectivity index (χ0) is 22.3. The standard InChI is InChI=1S/C25H23FN2O4/c26-19-10-8-17(9-11-19)23-13-12-20(32-23)15-22(25(30)27-16-21-7-4-14-31-21)28-24(29)18-5-2-1-3-6-18/h1-3,5-6,8-13,15,21H,4,7,14,16H2,(H,27,30)(H,28,29). The van der Waals surface area contributed by atoms with Crippen LogP contribution in [0.1, 0.15) is 29.0 Å². The monoisotopic (exact) mass is 434 g/mol. The highest BCUT2D eigenvalue weighted by atomic mass is 19.1. The molecule has 4 rings (SSSR count). The van der Waals surface area contributed by atoms with Crippen LogP contribution in [0.5, 0.6) is 0 Å². The highest BCUT2D eigenvalue weighted by Crippen LogP contribution is 2.23. The molecule has 0 spiro atoms. The van der Waals surface area contributed by atoms with E-state index in [1.54, 1.807) is 48.5 Å². The van der Waals surface area contributed by atoms with Crippen molar-refractivity contribution >= 4 is 17.9 Å². The summed E-state index contributed by atoms with van der Waals surface area (Å²) in [5.41, 5.74) is 1.18.